The molecule has 0 radical (unpaired) electrons. The summed E-state index contributed by atoms with van der Waals surface area (Å²) in [7, 11) is 0. The van der Waals surface area contributed by atoms with Crippen molar-refractivity contribution in [3.05, 3.63) is 24.2 Å². The molecule has 0 aliphatic carbocycles. The number of nitrogen functional groups attached to an aromatic ring is 1. The third-order valence-electron chi connectivity index (χ3n) is 7.55. The molecule has 0 spiro atoms. The van der Waals surface area contributed by atoms with Crippen LogP contribution >= 0.6 is 0 Å². The molecule has 3 rings (SSSR count). The zero-order valence-corrected chi connectivity index (χ0v) is 23.6. The van der Waals surface area contributed by atoms with E-state index in [9.17, 15) is 4.79 Å². The van der Waals surface area contributed by atoms with Gasteiger partial charge in [0, 0.05) is 0 Å². The minimum Gasteiger partial charge on any atom is -0.434 e. The highest BCUT2D eigenvalue weighted by Gasteiger charge is 2.30. The highest BCUT2D eigenvalue weighted by Crippen LogP contribution is 2.34. The Bertz CT molecular complexity index is 919. The van der Waals surface area contributed by atoms with Crippen molar-refractivity contribution in [2.24, 2.45) is 0 Å². The number of unbranched alkanes of at least 4 members (excludes halogenated alkanes) is 15. The van der Waals surface area contributed by atoms with E-state index in [0.717, 1.165) is 36.9 Å². The van der Waals surface area contributed by atoms with Crippen molar-refractivity contribution in [3.63, 3.8) is 0 Å². The molecule has 0 saturated carbocycles. The highest BCUT2D eigenvalue weighted by molar-refractivity contribution is 5.65. The maximum Gasteiger partial charge on any atom is 0.508 e. The van der Waals surface area contributed by atoms with E-state index in [1.165, 1.54) is 96.2 Å². The van der Waals surface area contributed by atoms with Crippen LogP contribution in [0.2, 0.25) is 0 Å². The molecular formula is C30H50N4O4. The number of hydrogen-bond acceptors (Lipinski definition) is 7. The first-order valence-corrected chi connectivity index (χ1v) is 15.2. The Balaban J connectivity index is 1.10. The molecule has 1 aliphatic heterocycles. The van der Waals surface area contributed by atoms with Crippen LogP contribution in [0, 0.1) is 0 Å². The molecule has 0 amide bonds. The van der Waals surface area contributed by atoms with E-state index in [1.807, 2.05) is 12.1 Å². The Hall–Kier alpha value is -2.35. The molecule has 2 aromatic rings. The Labute approximate surface area is 229 Å². The molecule has 8 nitrogen and oxygen atoms in total. The van der Waals surface area contributed by atoms with Crippen molar-refractivity contribution in [2.45, 2.75) is 135 Å². The SMILES string of the molecule is CCCCCCCCCCCCCCCCCCOC(=O)OCC1CCC(c2ccc3c(N)ncnn23)O1. The second-order valence-corrected chi connectivity index (χ2v) is 10.7. The van der Waals surface area contributed by atoms with Gasteiger partial charge in [0.25, 0.3) is 0 Å². The highest BCUT2D eigenvalue weighted by atomic mass is 16.7. The van der Waals surface area contributed by atoms with Crippen LogP contribution in [-0.2, 0) is 14.2 Å². The van der Waals surface area contributed by atoms with Crippen molar-refractivity contribution in [3.8, 4) is 0 Å². The van der Waals surface area contributed by atoms with Crippen LogP contribution in [0.1, 0.15) is 134 Å². The number of anilines is 1. The largest absolute Gasteiger partial charge is 0.508 e. The minimum atomic E-state index is -0.605. The molecule has 3 heterocycles. The maximum absolute atomic E-state index is 11.9. The van der Waals surface area contributed by atoms with Crippen LogP contribution in [0.3, 0.4) is 0 Å². The standard InChI is InChI=1S/C30H50N4O4/c1-2-3-4-5-6-7-8-9-10-11-12-13-14-15-16-17-22-36-30(35)37-23-25-18-21-28(38-25)26-19-20-27-29(31)32-24-33-34(26)27/h19-20,24-25,28H,2-18,21-23H2,1H3,(H2,31,32,33). The summed E-state index contributed by atoms with van der Waals surface area (Å²) in [4.78, 5) is 16.0. The van der Waals surface area contributed by atoms with Gasteiger partial charge < -0.3 is 19.9 Å². The zero-order valence-electron chi connectivity index (χ0n) is 23.6. The molecule has 1 aliphatic rings. The lowest BCUT2D eigenvalue weighted by atomic mass is 10.0. The van der Waals surface area contributed by atoms with Gasteiger partial charge in [0.2, 0.25) is 0 Å². The lowest BCUT2D eigenvalue weighted by Crippen LogP contribution is -2.19. The summed E-state index contributed by atoms with van der Waals surface area (Å²) in [5.74, 6) is 0.441. The molecule has 214 valence electrons. The van der Waals surface area contributed by atoms with E-state index in [0.29, 0.717) is 12.4 Å². The second kappa shape index (κ2) is 18.0. The van der Waals surface area contributed by atoms with Crippen LogP contribution in [0.25, 0.3) is 5.52 Å². The molecule has 1 saturated heterocycles. The fourth-order valence-electron chi connectivity index (χ4n) is 5.27. The topological polar surface area (TPSA) is 101 Å². The van der Waals surface area contributed by atoms with Gasteiger partial charge in [-0.3, -0.25) is 0 Å². The second-order valence-electron chi connectivity index (χ2n) is 10.7. The van der Waals surface area contributed by atoms with Gasteiger partial charge in [-0.05, 0) is 31.4 Å². The zero-order chi connectivity index (χ0) is 26.8. The van der Waals surface area contributed by atoms with Crippen LogP contribution in [-0.4, -0.2) is 40.1 Å². The summed E-state index contributed by atoms with van der Waals surface area (Å²) in [5.41, 5.74) is 7.61. The molecule has 2 N–H and O–H groups in total. The Kier molecular flexibility index (Phi) is 14.3. The first-order valence-electron chi connectivity index (χ1n) is 15.2. The fraction of sp³-hybridized carbons (Fsp3) is 0.767. The Morgan fingerprint density at radius 2 is 1.50 bits per heavy atom. The third kappa shape index (κ3) is 10.8. The number of nitrogens with zero attached hydrogens (tertiary/aromatic N) is 3. The number of aromatic nitrogens is 3. The van der Waals surface area contributed by atoms with E-state index >= 15 is 0 Å². The van der Waals surface area contributed by atoms with Crippen molar-refractivity contribution in [2.75, 3.05) is 18.9 Å². The summed E-state index contributed by atoms with van der Waals surface area (Å²) >= 11 is 0. The number of ether oxygens (including phenoxy) is 3. The lowest BCUT2D eigenvalue weighted by molar-refractivity contribution is -0.0176. The van der Waals surface area contributed by atoms with Crippen molar-refractivity contribution < 1.29 is 19.0 Å². The predicted octanol–water partition coefficient (Wildman–Crippen LogP) is 7.95. The first-order chi connectivity index (χ1) is 18.7. The average Bonchev–Trinajstić information content (AvgIpc) is 3.57. The average molecular weight is 531 g/mol. The lowest BCUT2D eigenvalue weighted by Gasteiger charge is -2.14. The van der Waals surface area contributed by atoms with Gasteiger partial charge in [-0.25, -0.2) is 14.3 Å². The molecule has 0 bridgehead atoms. The number of carbonyl (C=O) groups excluding carboxylic acids is 1. The van der Waals surface area contributed by atoms with Gasteiger partial charge in [-0.1, -0.05) is 103 Å². The van der Waals surface area contributed by atoms with Gasteiger partial charge in [-0.15, -0.1) is 0 Å². The quantitative estimate of drug-likeness (QED) is 0.137. The van der Waals surface area contributed by atoms with Gasteiger partial charge in [0.15, 0.2) is 5.82 Å². The first kappa shape index (κ1) is 30.2. The van der Waals surface area contributed by atoms with Crippen molar-refractivity contribution in [1.29, 1.82) is 0 Å². The number of rotatable bonds is 20. The summed E-state index contributed by atoms with van der Waals surface area (Å²) in [6.45, 7) is 2.90. The smallest absolute Gasteiger partial charge is 0.434 e. The van der Waals surface area contributed by atoms with Crippen LogP contribution in [0.15, 0.2) is 18.5 Å². The van der Waals surface area contributed by atoms with Gasteiger partial charge in [0.1, 0.15) is 24.6 Å². The van der Waals surface area contributed by atoms with Gasteiger partial charge in [-0.2, -0.15) is 5.10 Å². The van der Waals surface area contributed by atoms with Gasteiger partial charge >= 0.3 is 6.16 Å². The van der Waals surface area contributed by atoms with E-state index < -0.39 is 6.16 Å². The Morgan fingerprint density at radius 1 is 0.895 bits per heavy atom. The van der Waals surface area contributed by atoms with E-state index in [-0.39, 0.29) is 18.8 Å². The number of fused-ring (bicyclic) bond motifs is 1. The summed E-state index contributed by atoms with van der Waals surface area (Å²) in [6.07, 6.45) is 23.4. The third-order valence-corrected chi connectivity index (χ3v) is 7.55. The van der Waals surface area contributed by atoms with Gasteiger partial charge in [0.05, 0.1) is 18.4 Å². The molecule has 8 heteroatoms. The summed E-state index contributed by atoms with van der Waals surface area (Å²) in [6, 6.07) is 3.86. The van der Waals surface area contributed by atoms with Crippen molar-refractivity contribution in [1.82, 2.24) is 14.6 Å². The molecule has 2 atom stereocenters. The molecule has 38 heavy (non-hydrogen) atoms. The maximum atomic E-state index is 11.9. The number of nitrogens with two attached hydrogens (primary N) is 1. The van der Waals surface area contributed by atoms with Crippen LogP contribution < -0.4 is 5.73 Å². The van der Waals surface area contributed by atoms with Crippen molar-refractivity contribution >= 4 is 17.5 Å². The van der Waals surface area contributed by atoms with Crippen LogP contribution in [0.5, 0.6) is 0 Å². The van der Waals surface area contributed by atoms with E-state index in [4.69, 9.17) is 19.9 Å². The summed E-state index contributed by atoms with van der Waals surface area (Å²) < 4.78 is 18.4. The monoisotopic (exact) mass is 530 g/mol. The number of hydrogen-bond donors (Lipinski definition) is 1. The van der Waals surface area contributed by atoms with Crippen LogP contribution in [0.4, 0.5) is 10.6 Å². The molecule has 0 aromatic carbocycles. The summed E-state index contributed by atoms with van der Waals surface area (Å²) in [5, 5.41) is 4.28. The van der Waals surface area contributed by atoms with E-state index in [1.54, 1.807) is 4.52 Å². The Morgan fingerprint density at radius 3 is 2.13 bits per heavy atom. The predicted molar refractivity (Wildman–Crippen MR) is 151 cm³/mol. The minimum absolute atomic E-state index is 0.110. The molecule has 2 unspecified atom stereocenters. The molecule has 1 fully saturated rings. The normalized spacial score (nSPS) is 17.3. The van der Waals surface area contributed by atoms with E-state index in [2.05, 4.69) is 17.0 Å². The molecule has 2 aromatic heterocycles. The molecular weight excluding hydrogens is 480 g/mol. The fourth-order valence-corrected chi connectivity index (χ4v) is 5.27. The number of carbonyl (C=O) groups is 1.